The molecule has 20 valence electrons. The third-order valence-corrected chi connectivity index (χ3v) is 0. The molecule has 0 saturated heterocycles. The van der Waals surface area contributed by atoms with Crippen LogP contribution in [-0.2, 0) is 43.7 Å². The van der Waals surface area contributed by atoms with Gasteiger partial charge in [0.1, 0.15) is 0 Å². The Labute approximate surface area is 73.6 Å². The van der Waals surface area contributed by atoms with E-state index in [0.717, 1.165) is 0 Å². The van der Waals surface area contributed by atoms with E-state index in [9.17, 15) is 0 Å². The van der Waals surface area contributed by atoms with Gasteiger partial charge in [0.15, 0.2) is 0 Å². The molecule has 0 bridgehead atoms. The Morgan fingerprint density at radius 1 is 0.750 bits per heavy atom. The van der Waals surface area contributed by atoms with Gasteiger partial charge in [0.2, 0.25) is 0 Å². The molecule has 0 amide bonds. The van der Waals surface area contributed by atoms with Crippen molar-refractivity contribution in [3.05, 3.63) is 0 Å². The predicted molar refractivity (Wildman–Crippen MR) is 1.37 cm³/mol. The van der Waals surface area contributed by atoms with Crippen LogP contribution in [0.4, 0.5) is 0 Å². The van der Waals surface area contributed by atoms with Gasteiger partial charge in [-0.15, -0.1) is 0 Å². The first-order valence-electron chi connectivity index (χ1n) is 0. The van der Waals surface area contributed by atoms with Crippen molar-refractivity contribution in [2.45, 2.75) is 0 Å². The van der Waals surface area contributed by atoms with Crippen LogP contribution in [0.1, 0.15) is 0 Å². The van der Waals surface area contributed by atoms with Crippen LogP contribution < -0.4 is 0 Å². The largest absolute Gasteiger partial charge is 3.00 e. The molecule has 0 atom stereocenters. The van der Waals surface area contributed by atoms with E-state index in [1.165, 1.54) is 0 Å². The monoisotopic (exact) mass is 359 g/mol. The van der Waals surface area contributed by atoms with E-state index >= 15 is 0 Å². The Balaban J connectivity index is 0. The zero-order valence-electron chi connectivity index (χ0n) is 1.89. The molecule has 0 spiro atoms. The second-order valence-corrected chi connectivity index (χ2v) is 0. The Morgan fingerprint density at radius 2 is 0.750 bits per heavy atom. The molecular formula is O2UY-. The Bertz CT molecular complexity index is 6.00. The van der Waals surface area contributed by atoms with Crippen LogP contribution in [0.5, 0.6) is 0 Å². The van der Waals surface area contributed by atoms with Crippen LogP contribution in [-0.4, -0.2) is 0 Å². The third kappa shape index (κ3) is 8.95. The number of hydrogen-bond acceptors (Lipinski definition) is 0. The molecule has 0 aliphatic rings. The first kappa shape index (κ1) is 36.3. The molecular weight excluding hydrogens is 359 g/mol. The normalized spacial score (nSPS) is 0. The summed E-state index contributed by atoms with van der Waals surface area (Å²) < 4.78 is 0. The van der Waals surface area contributed by atoms with Crippen molar-refractivity contribution < 1.29 is 74.8 Å². The zero-order valence-corrected chi connectivity index (χ0v) is 8.90. The van der Waals surface area contributed by atoms with E-state index in [-0.39, 0.29) is 74.8 Å². The van der Waals surface area contributed by atoms with E-state index in [2.05, 4.69) is 0 Å². The van der Waals surface area contributed by atoms with Gasteiger partial charge in [-0.1, -0.05) is 0 Å². The van der Waals surface area contributed by atoms with Gasteiger partial charge < -0.3 is 11.0 Å². The van der Waals surface area contributed by atoms with Crippen LogP contribution >= 0.6 is 0 Å². The smallest absolute Gasteiger partial charge is 2.00 e. The van der Waals surface area contributed by atoms with Gasteiger partial charge in [-0.25, -0.2) is 0 Å². The minimum atomic E-state index is 0. The van der Waals surface area contributed by atoms with Gasteiger partial charge >= 0.3 is 32.7 Å². The molecule has 0 aliphatic heterocycles. The molecule has 0 aliphatic carbocycles. The summed E-state index contributed by atoms with van der Waals surface area (Å²) in [6, 6.07) is 0. The molecule has 0 saturated carbocycles. The number of hydrogen-bond donors (Lipinski definition) is 0. The quantitative estimate of drug-likeness (QED) is 0.574. The molecule has 0 aromatic heterocycles. The van der Waals surface area contributed by atoms with Crippen molar-refractivity contribution in [3.8, 4) is 0 Å². The summed E-state index contributed by atoms with van der Waals surface area (Å²) in [5.74, 6) is 0. The van der Waals surface area contributed by atoms with Crippen molar-refractivity contribution in [3.63, 3.8) is 0 Å². The predicted octanol–water partition coefficient (Wildman–Crippen LogP) is -0.240. The second-order valence-electron chi connectivity index (χ2n) is 0. The molecule has 0 aromatic carbocycles. The molecule has 0 fully saturated rings. The molecule has 0 radical (unpaired) electrons. The summed E-state index contributed by atoms with van der Waals surface area (Å²) in [6.45, 7) is 0. The van der Waals surface area contributed by atoms with Gasteiger partial charge in [-0.2, -0.15) is 0 Å². The molecule has 0 unspecified atom stereocenters. The molecule has 0 heterocycles. The van der Waals surface area contributed by atoms with Crippen LogP contribution in [0.15, 0.2) is 0 Å². The number of rotatable bonds is 0. The van der Waals surface area contributed by atoms with Gasteiger partial charge in [0.05, 0.1) is 0 Å². The summed E-state index contributed by atoms with van der Waals surface area (Å²) in [4.78, 5) is 0. The Hall–Kier alpha value is 2.08. The van der Waals surface area contributed by atoms with Crippen LogP contribution in [0.25, 0.3) is 0 Å². The minimum absolute atomic E-state index is 0. The minimum Gasteiger partial charge on any atom is -2.00 e. The zero-order chi connectivity index (χ0) is 0. The van der Waals surface area contributed by atoms with E-state index in [0.29, 0.717) is 0 Å². The van der Waals surface area contributed by atoms with Gasteiger partial charge in [0, 0.05) is 31.1 Å². The molecule has 2 nitrogen and oxygen atoms in total. The summed E-state index contributed by atoms with van der Waals surface area (Å²) in [5, 5.41) is 0. The van der Waals surface area contributed by atoms with Crippen molar-refractivity contribution in [2.24, 2.45) is 0 Å². The molecule has 0 N–H and O–H groups in total. The van der Waals surface area contributed by atoms with E-state index in [4.69, 9.17) is 0 Å². The Kier molecular flexibility index (Phi) is 178. The molecule has 4 heteroatoms. The van der Waals surface area contributed by atoms with Gasteiger partial charge in [0.25, 0.3) is 0 Å². The third-order valence-electron chi connectivity index (χ3n) is 0. The van der Waals surface area contributed by atoms with Crippen LogP contribution in [0, 0.1) is 31.1 Å². The summed E-state index contributed by atoms with van der Waals surface area (Å²) in [6.07, 6.45) is 0. The fraction of sp³-hybridized carbons (Fsp3) is 0. The SMILES string of the molecule is [O-2].[O-2].[U].[Y+3]. The summed E-state index contributed by atoms with van der Waals surface area (Å²) in [5.41, 5.74) is 0. The first-order valence-corrected chi connectivity index (χ1v) is 0. The topological polar surface area (TPSA) is 57.0 Å². The fourth-order valence-electron chi connectivity index (χ4n) is 0. The van der Waals surface area contributed by atoms with Crippen molar-refractivity contribution >= 4 is 0 Å². The van der Waals surface area contributed by atoms with Crippen LogP contribution in [0.3, 0.4) is 0 Å². The van der Waals surface area contributed by atoms with Crippen molar-refractivity contribution in [2.75, 3.05) is 0 Å². The average molecular weight is 359 g/mol. The van der Waals surface area contributed by atoms with E-state index in [1.807, 2.05) is 0 Å². The fourth-order valence-corrected chi connectivity index (χ4v) is 0. The van der Waals surface area contributed by atoms with E-state index in [1.54, 1.807) is 0 Å². The first-order chi connectivity index (χ1) is 0. The van der Waals surface area contributed by atoms with Crippen molar-refractivity contribution in [1.29, 1.82) is 0 Å². The summed E-state index contributed by atoms with van der Waals surface area (Å²) >= 11 is 0. The Morgan fingerprint density at radius 3 is 0.750 bits per heavy atom. The van der Waals surface area contributed by atoms with Gasteiger partial charge in [-0.05, 0) is 0 Å². The van der Waals surface area contributed by atoms with Gasteiger partial charge in [-0.3, -0.25) is 0 Å². The molecule has 0 rings (SSSR count). The standard InChI is InChI=1S/2O.U.Y/q2*-2;;+3. The maximum absolute atomic E-state index is 0. The molecule has 0 aromatic rings. The van der Waals surface area contributed by atoms with Crippen LogP contribution in [0.2, 0.25) is 0 Å². The average Bonchev–Trinajstić information content (AvgIpc) is 0. The maximum Gasteiger partial charge on any atom is 3.00 e. The second kappa shape index (κ2) is 19.6. The van der Waals surface area contributed by atoms with E-state index < -0.39 is 0 Å². The maximum atomic E-state index is 0. The van der Waals surface area contributed by atoms with Crippen molar-refractivity contribution in [1.82, 2.24) is 0 Å². The summed E-state index contributed by atoms with van der Waals surface area (Å²) in [7, 11) is 0. The molecule has 4 heavy (non-hydrogen) atoms.